The number of pyridine rings is 1. The largest absolute Gasteiger partial charge is 0.416 e. The molecule has 2 fully saturated rings. The SMILES string of the molecule is CCN(c1cc(C(F)(F)F)ccn1)[C@@H](C)CNC(=O)[C@@]1(C2=CCC2)CC[C@@H](N[C@H]2CCOC[C@H]2OC)C1. The van der Waals surface area contributed by atoms with E-state index < -0.39 is 17.2 Å². The van der Waals surface area contributed by atoms with E-state index in [0.29, 0.717) is 26.3 Å². The molecule has 0 unspecified atom stereocenters. The van der Waals surface area contributed by atoms with Crippen LogP contribution in [-0.2, 0) is 20.4 Å². The normalized spacial score (nSPS) is 28.8. The Balaban J connectivity index is 1.40. The number of methoxy groups -OCH3 is 1. The predicted molar refractivity (Wildman–Crippen MR) is 135 cm³/mol. The number of hydrogen-bond donors (Lipinski definition) is 2. The molecule has 10 heteroatoms. The third-order valence-corrected chi connectivity index (χ3v) is 8.22. The first kappa shape index (κ1) is 27.9. The Kier molecular flexibility index (Phi) is 8.81. The van der Waals surface area contributed by atoms with E-state index in [9.17, 15) is 18.0 Å². The van der Waals surface area contributed by atoms with Crippen LogP contribution in [0.2, 0.25) is 0 Å². The number of alkyl halides is 3. The molecule has 0 bridgehead atoms. The molecular formula is C27H39F3N4O3. The van der Waals surface area contributed by atoms with Crippen molar-refractivity contribution in [2.24, 2.45) is 5.41 Å². The maximum absolute atomic E-state index is 13.7. The van der Waals surface area contributed by atoms with E-state index in [1.54, 1.807) is 12.0 Å². The summed E-state index contributed by atoms with van der Waals surface area (Å²) in [6, 6.07) is 2.24. The van der Waals surface area contributed by atoms with Crippen LogP contribution in [-0.4, -0.2) is 68.5 Å². The molecule has 2 aliphatic carbocycles. The van der Waals surface area contributed by atoms with Gasteiger partial charge in [-0.15, -0.1) is 0 Å². The predicted octanol–water partition coefficient (Wildman–Crippen LogP) is 4.08. The first-order valence-electron chi connectivity index (χ1n) is 13.3. The van der Waals surface area contributed by atoms with Crippen LogP contribution in [0.25, 0.3) is 0 Å². The highest BCUT2D eigenvalue weighted by Gasteiger charge is 2.49. The minimum absolute atomic E-state index is 0.00540. The summed E-state index contributed by atoms with van der Waals surface area (Å²) < 4.78 is 50.8. The molecule has 7 nitrogen and oxygen atoms in total. The fourth-order valence-electron chi connectivity index (χ4n) is 5.96. The van der Waals surface area contributed by atoms with Gasteiger partial charge in [0.15, 0.2) is 0 Å². The average molecular weight is 525 g/mol. The van der Waals surface area contributed by atoms with Crippen LogP contribution in [0.1, 0.15) is 57.9 Å². The van der Waals surface area contributed by atoms with Crippen molar-refractivity contribution in [2.75, 3.05) is 38.3 Å². The maximum atomic E-state index is 13.7. The smallest absolute Gasteiger partial charge is 0.379 e. The van der Waals surface area contributed by atoms with Gasteiger partial charge in [-0.2, -0.15) is 13.2 Å². The van der Waals surface area contributed by atoms with Gasteiger partial charge in [0.1, 0.15) is 5.82 Å². The molecular weight excluding hydrogens is 485 g/mol. The van der Waals surface area contributed by atoms with Crippen LogP contribution >= 0.6 is 0 Å². The molecule has 4 rings (SSSR count). The van der Waals surface area contributed by atoms with Gasteiger partial charge in [-0.3, -0.25) is 4.79 Å². The molecule has 0 aromatic carbocycles. The number of likely N-dealkylation sites (N-methyl/N-ethyl adjacent to an activating group) is 1. The summed E-state index contributed by atoms with van der Waals surface area (Å²) in [5.41, 5.74) is -0.0496. The highest BCUT2D eigenvalue weighted by molar-refractivity contribution is 5.86. The Hall–Kier alpha value is -2.17. The van der Waals surface area contributed by atoms with Crippen molar-refractivity contribution >= 4 is 11.7 Å². The molecule has 1 saturated carbocycles. The van der Waals surface area contributed by atoms with Crippen LogP contribution in [0.4, 0.5) is 19.0 Å². The molecule has 1 aliphatic heterocycles. The molecule has 3 aliphatic rings. The summed E-state index contributed by atoms with van der Waals surface area (Å²) in [4.78, 5) is 19.7. The highest BCUT2D eigenvalue weighted by Crippen LogP contribution is 2.49. The lowest BCUT2D eigenvalue weighted by atomic mass is 9.71. The fourth-order valence-corrected chi connectivity index (χ4v) is 5.96. The van der Waals surface area contributed by atoms with E-state index in [1.165, 1.54) is 11.8 Å². The summed E-state index contributed by atoms with van der Waals surface area (Å²) >= 11 is 0. The van der Waals surface area contributed by atoms with Crippen molar-refractivity contribution in [3.63, 3.8) is 0 Å². The second-order valence-corrected chi connectivity index (χ2v) is 10.4. The van der Waals surface area contributed by atoms with Gasteiger partial charge in [0.2, 0.25) is 5.91 Å². The van der Waals surface area contributed by atoms with Gasteiger partial charge in [0.25, 0.3) is 0 Å². The fraction of sp³-hybridized carbons (Fsp3) is 0.704. The quantitative estimate of drug-likeness (QED) is 0.450. The van der Waals surface area contributed by atoms with E-state index in [-0.39, 0.29) is 36.0 Å². The number of nitrogens with zero attached hydrogens (tertiary/aromatic N) is 2. The number of rotatable bonds is 10. The second-order valence-electron chi connectivity index (χ2n) is 10.4. The summed E-state index contributed by atoms with van der Waals surface area (Å²) in [6.45, 7) is 5.84. The van der Waals surface area contributed by atoms with Crippen molar-refractivity contribution in [2.45, 2.75) is 82.8 Å². The molecule has 1 saturated heterocycles. The Bertz CT molecular complexity index is 972. The second kappa shape index (κ2) is 11.7. The van der Waals surface area contributed by atoms with E-state index in [1.807, 2.05) is 13.8 Å². The number of hydrogen-bond acceptors (Lipinski definition) is 6. The average Bonchev–Trinajstić information content (AvgIpc) is 3.26. The van der Waals surface area contributed by atoms with Gasteiger partial charge < -0.3 is 25.0 Å². The van der Waals surface area contributed by atoms with Crippen molar-refractivity contribution in [1.29, 1.82) is 0 Å². The lowest BCUT2D eigenvalue weighted by molar-refractivity contribution is -0.137. The summed E-state index contributed by atoms with van der Waals surface area (Å²) in [6.07, 6.45) is 4.17. The molecule has 5 atom stereocenters. The Labute approximate surface area is 217 Å². The number of ether oxygens (including phenoxy) is 2. The minimum atomic E-state index is -4.43. The number of carbonyl (C=O) groups excluding carboxylic acids is 1. The van der Waals surface area contributed by atoms with Gasteiger partial charge in [-0.05, 0) is 64.5 Å². The van der Waals surface area contributed by atoms with Gasteiger partial charge in [-0.25, -0.2) is 4.98 Å². The van der Waals surface area contributed by atoms with Crippen LogP contribution in [0.15, 0.2) is 30.0 Å². The minimum Gasteiger partial charge on any atom is -0.379 e. The Morgan fingerprint density at radius 1 is 1.38 bits per heavy atom. The number of halogens is 3. The Morgan fingerprint density at radius 3 is 2.81 bits per heavy atom. The van der Waals surface area contributed by atoms with Crippen LogP contribution in [0.5, 0.6) is 0 Å². The highest BCUT2D eigenvalue weighted by atomic mass is 19.4. The number of allylic oxidation sites excluding steroid dienone is 1. The number of amides is 1. The lowest BCUT2D eigenvalue weighted by Gasteiger charge is -2.37. The third-order valence-electron chi connectivity index (χ3n) is 8.22. The Morgan fingerprint density at radius 2 is 2.16 bits per heavy atom. The molecule has 2 N–H and O–H groups in total. The zero-order chi connectivity index (χ0) is 26.6. The molecule has 2 heterocycles. The molecule has 0 spiro atoms. The first-order valence-corrected chi connectivity index (χ1v) is 13.3. The van der Waals surface area contributed by atoms with Gasteiger partial charge in [-0.1, -0.05) is 11.6 Å². The third kappa shape index (κ3) is 6.12. The van der Waals surface area contributed by atoms with Crippen molar-refractivity contribution in [3.05, 3.63) is 35.5 Å². The van der Waals surface area contributed by atoms with E-state index in [4.69, 9.17) is 9.47 Å². The van der Waals surface area contributed by atoms with E-state index >= 15 is 0 Å². The van der Waals surface area contributed by atoms with E-state index in [2.05, 4.69) is 21.7 Å². The number of anilines is 1. The molecule has 37 heavy (non-hydrogen) atoms. The zero-order valence-electron chi connectivity index (χ0n) is 21.9. The maximum Gasteiger partial charge on any atom is 0.416 e. The summed E-state index contributed by atoms with van der Waals surface area (Å²) in [7, 11) is 1.70. The van der Waals surface area contributed by atoms with Crippen molar-refractivity contribution in [3.8, 4) is 0 Å². The van der Waals surface area contributed by atoms with E-state index in [0.717, 1.165) is 50.7 Å². The molecule has 1 amide bonds. The van der Waals surface area contributed by atoms with Crippen LogP contribution < -0.4 is 15.5 Å². The standard InChI is InChI=1S/C27H39F3N4O3/c1-4-34(24-14-20(9-12-31-24)27(28,29)30)18(2)16-32-25(35)26(19-6-5-7-19)11-8-21(15-26)33-22-10-13-37-17-23(22)36-3/h6,9,12,14,18,21-23,33H,4-5,7-8,10-11,13,15-17H2,1-3H3,(H,32,35)/t18-,21+,22-,23+,26-/m0/s1. The zero-order valence-corrected chi connectivity index (χ0v) is 21.9. The number of aromatic nitrogens is 1. The van der Waals surface area contributed by atoms with Gasteiger partial charge in [0.05, 0.1) is 23.7 Å². The topological polar surface area (TPSA) is 75.7 Å². The number of nitrogens with one attached hydrogen (secondary N) is 2. The van der Waals surface area contributed by atoms with Crippen molar-refractivity contribution in [1.82, 2.24) is 15.6 Å². The first-order chi connectivity index (χ1) is 17.7. The van der Waals surface area contributed by atoms with Gasteiger partial charge in [0, 0.05) is 51.1 Å². The molecule has 206 valence electrons. The monoisotopic (exact) mass is 524 g/mol. The van der Waals surface area contributed by atoms with Crippen molar-refractivity contribution < 1.29 is 27.4 Å². The summed E-state index contributed by atoms with van der Waals surface area (Å²) in [5, 5.41) is 6.89. The molecule has 1 aromatic heterocycles. The molecule has 1 aromatic rings. The lowest BCUT2D eigenvalue weighted by Crippen LogP contribution is -2.51. The summed E-state index contributed by atoms with van der Waals surface area (Å²) in [5.74, 6) is 0.266. The molecule has 0 radical (unpaired) electrons. The van der Waals surface area contributed by atoms with Crippen LogP contribution in [0.3, 0.4) is 0 Å². The van der Waals surface area contributed by atoms with Gasteiger partial charge >= 0.3 is 6.18 Å². The van der Waals surface area contributed by atoms with Crippen LogP contribution in [0, 0.1) is 5.41 Å². The number of carbonyl (C=O) groups is 1.